The van der Waals surface area contributed by atoms with Gasteiger partial charge in [-0.25, -0.2) is 4.79 Å². The summed E-state index contributed by atoms with van der Waals surface area (Å²) in [4.78, 5) is 17.1. The lowest BCUT2D eigenvalue weighted by Gasteiger charge is -2.46. The van der Waals surface area contributed by atoms with Gasteiger partial charge in [0.25, 0.3) is 0 Å². The molecule has 0 spiro atoms. The first-order chi connectivity index (χ1) is 13.2. The highest BCUT2D eigenvalue weighted by Crippen LogP contribution is 2.31. The van der Waals surface area contributed by atoms with E-state index in [0.717, 1.165) is 24.2 Å². The molecule has 2 aliphatic rings. The van der Waals surface area contributed by atoms with Gasteiger partial charge in [0, 0.05) is 19.1 Å². The summed E-state index contributed by atoms with van der Waals surface area (Å²) in [5, 5.41) is 3.04. The first-order valence-electron chi connectivity index (χ1n) is 9.78. The van der Waals surface area contributed by atoms with Crippen molar-refractivity contribution in [3.05, 3.63) is 48.5 Å². The lowest BCUT2D eigenvalue weighted by atomic mass is 10.0. The van der Waals surface area contributed by atoms with Crippen molar-refractivity contribution in [3.63, 3.8) is 0 Å². The predicted octanol–water partition coefficient (Wildman–Crippen LogP) is 4.06. The van der Waals surface area contributed by atoms with Crippen LogP contribution >= 0.6 is 0 Å². The fraction of sp³-hybridized carbons (Fsp3) is 0.409. The molecule has 0 bridgehead atoms. The number of carbonyl (C=O) groups excluding carboxylic acids is 1. The van der Waals surface area contributed by atoms with E-state index in [-0.39, 0.29) is 6.03 Å². The summed E-state index contributed by atoms with van der Waals surface area (Å²) in [5.41, 5.74) is 2.89. The fourth-order valence-electron chi connectivity index (χ4n) is 3.95. The summed E-state index contributed by atoms with van der Waals surface area (Å²) in [5.74, 6) is 0.677. The summed E-state index contributed by atoms with van der Waals surface area (Å²) in [6.07, 6.45) is 3.91. The van der Waals surface area contributed by atoms with Crippen molar-refractivity contribution in [2.75, 3.05) is 38.6 Å². The summed E-state index contributed by atoms with van der Waals surface area (Å²) in [6, 6.07) is 16.5. The molecule has 1 N–H and O–H groups in total. The Morgan fingerprint density at radius 2 is 1.74 bits per heavy atom. The van der Waals surface area contributed by atoms with Crippen LogP contribution in [0.4, 0.5) is 10.5 Å². The van der Waals surface area contributed by atoms with Gasteiger partial charge >= 0.3 is 6.03 Å². The average molecular weight is 365 g/mol. The zero-order chi connectivity index (χ0) is 18.6. The molecule has 0 aliphatic carbocycles. The molecule has 0 atom stereocenters. The topological polar surface area (TPSA) is 44.8 Å². The van der Waals surface area contributed by atoms with Gasteiger partial charge in [0.1, 0.15) is 5.75 Å². The quantitative estimate of drug-likeness (QED) is 0.888. The number of methoxy groups -OCH3 is 1. The van der Waals surface area contributed by atoms with Crippen molar-refractivity contribution < 1.29 is 9.53 Å². The van der Waals surface area contributed by atoms with Crippen LogP contribution in [-0.2, 0) is 0 Å². The number of amides is 2. The van der Waals surface area contributed by atoms with Gasteiger partial charge in [-0.1, -0.05) is 42.8 Å². The first-order valence-corrected chi connectivity index (χ1v) is 9.78. The van der Waals surface area contributed by atoms with Crippen LogP contribution in [0.25, 0.3) is 11.1 Å². The van der Waals surface area contributed by atoms with E-state index in [1.807, 2.05) is 41.3 Å². The molecule has 4 rings (SSSR count). The molecule has 27 heavy (non-hydrogen) atoms. The number of ether oxygens (including phenoxy) is 1. The molecule has 5 nitrogen and oxygen atoms in total. The van der Waals surface area contributed by atoms with Crippen molar-refractivity contribution >= 4 is 11.7 Å². The minimum Gasteiger partial charge on any atom is -0.495 e. The van der Waals surface area contributed by atoms with E-state index in [2.05, 4.69) is 22.3 Å². The predicted molar refractivity (Wildman–Crippen MR) is 108 cm³/mol. The number of nitrogens with zero attached hydrogens (tertiary/aromatic N) is 2. The Bertz CT molecular complexity index is 781. The van der Waals surface area contributed by atoms with Crippen LogP contribution in [0, 0.1) is 0 Å². The lowest BCUT2D eigenvalue weighted by molar-refractivity contribution is 0.0493. The van der Waals surface area contributed by atoms with E-state index in [1.54, 1.807) is 7.11 Å². The van der Waals surface area contributed by atoms with Crippen LogP contribution in [0.15, 0.2) is 48.5 Å². The average Bonchev–Trinajstić information content (AvgIpc) is 2.68. The normalized spacial score (nSPS) is 18.0. The van der Waals surface area contributed by atoms with Crippen molar-refractivity contribution in [2.45, 2.75) is 25.3 Å². The van der Waals surface area contributed by atoms with Crippen LogP contribution in [-0.4, -0.2) is 55.2 Å². The Hall–Kier alpha value is -2.53. The highest BCUT2D eigenvalue weighted by molar-refractivity contribution is 5.92. The number of nitrogens with one attached hydrogen (secondary N) is 1. The first kappa shape index (κ1) is 17.9. The maximum Gasteiger partial charge on any atom is 0.322 e. The number of carbonyl (C=O) groups is 1. The van der Waals surface area contributed by atoms with Gasteiger partial charge in [0.05, 0.1) is 12.8 Å². The highest BCUT2D eigenvalue weighted by atomic mass is 16.5. The number of hydrogen-bond donors (Lipinski definition) is 1. The second-order valence-corrected chi connectivity index (χ2v) is 7.37. The zero-order valence-electron chi connectivity index (χ0n) is 15.9. The minimum atomic E-state index is -0.0493. The number of rotatable bonds is 4. The van der Waals surface area contributed by atoms with E-state index in [4.69, 9.17) is 4.74 Å². The van der Waals surface area contributed by atoms with Gasteiger partial charge in [-0.3, -0.25) is 4.90 Å². The third-order valence-electron chi connectivity index (χ3n) is 5.60. The Morgan fingerprint density at radius 3 is 2.44 bits per heavy atom. The summed E-state index contributed by atoms with van der Waals surface area (Å²) in [7, 11) is 1.63. The van der Waals surface area contributed by atoms with Crippen LogP contribution < -0.4 is 10.1 Å². The third-order valence-corrected chi connectivity index (χ3v) is 5.60. The number of urea groups is 1. The molecule has 0 unspecified atom stereocenters. The highest BCUT2D eigenvalue weighted by Gasteiger charge is 2.35. The number of benzene rings is 2. The molecule has 5 heteroatoms. The molecule has 2 aliphatic heterocycles. The van der Waals surface area contributed by atoms with Gasteiger partial charge in [0.2, 0.25) is 0 Å². The molecule has 2 heterocycles. The molecular weight excluding hydrogens is 338 g/mol. The SMILES string of the molecule is COc1ccc(-c2ccccc2)cc1NC(=O)N1CC(N2CCCCC2)C1. The lowest BCUT2D eigenvalue weighted by Crippen LogP contribution is -2.62. The van der Waals surface area contributed by atoms with Gasteiger partial charge in [-0.05, 0) is 49.2 Å². The van der Waals surface area contributed by atoms with Crippen LogP contribution in [0.1, 0.15) is 19.3 Å². The van der Waals surface area contributed by atoms with Crippen LogP contribution in [0.5, 0.6) is 5.75 Å². The number of hydrogen-bond acceptors (Lipinski definition) is 3. The molecule has 2 amide bonds. The van der Waals surface area contributed by atoms with E-state index in [0.29, 0.717) is 17.5 Å². The second-order valence-electron chi connectivity index (χ2n) is 7.37. The standard InChI is InChI=1S/C22H27N3O2/c1-27-21-11-10-18(17-8-4-2-5-9-17)14-20(21)23-22(26)25-15-19(16-25)24-12-6-3-7-13-24/h2,4-5,8-11,14,19H,3,6-7,12-13,15-16H2,1H3,(H,23,26). The molecule has 142 valence electrons. The van der Waals surface area contributed by atoms with E-state index < -0.39 is 0 Å². The number of piperidine rings is 1. The fourth-order valence-corrected chi connectivity index (χ4v) is 3.95. The van der Waals surface area contributed by atoms with E-state index >= 15 is 0 Å². The van der Waals surface area contributed by atoms with Gasteiger partial charge in [-0.15, -0.1) is 0 Å². The van der Waals surface area contributed by atoms with Gasteiger partial charge in [-0.2, -0.15) is 0 Å². The zero-order valence-corrected chi connectivity index (χ0v) is 15.9. The second kappa shape index (κ2) is 8.01. The van der Waals surface area contributed by atoms with Gasteiger partial charge < -0.3 is 15.0 Å². The molecule has 0 saturated carbocycles. The van der Waals surface area contributed by atoms with Crippen molar-refractivity contribution in [1.29, 1.82) is 0 Å². The Balaban J connectivity index is 1.42. The molecule has 2 fully saturated rings. The van der Waals surface area contributed by atoms with E-state index in [1.165, 1.54) is 32.4 Å². The molecule has 0 radical (unpaired) electrons. The Morgan fingerprint density at radius 1 is 1.00 bits per heavy atom. The maximum absolute atomic E-state index is 12.7. The smallest absolute Gasteiger partial charge is 0.322 e. The maximum atomic E-state index is 12.7. The Labute approximate surface area is 160 Å². The largest absolute Gasteiger partial charge is 0.495 e. The number of likely N-dealkylation sites (tertiary alicyclic amines) is 2. The molecule has 2 aromatic rings. The monoisotopic (exact) mass is 365 g/mol. The third kappa shape index (κ3) is 3.93. The van der Waals surface area contributed by atoms with Crippen LogP contribution in [0.3, 0.4) is 0 Å². The Kier molecular flexibility index (Phi) is 5.30. The molecule has 2 saturated heterocycles. The van der Waals surface area contributed by atoms with Crippen molar-refractivity contribution in [1.82, 2.24) is 9.80 Å². The van der Waals surface area contributed by atoms with Crippen molar-refractivity contribution in [2.24, 2.45) is 0 Å². The minimum absolute atomic E-state index is 0.0493. The molecular formula is C22H27N3O2. The van der Waals surface area contributed by atoms with Gasteiger partial charge in [0.15, 0.2) is 0 Å². The molecule has 2 aromatic carbocycles. The summed E-state index contributed by atoms with van der Waals surface area (Å²) < 4.78 is 5.44. The van der Waals surface area contributed by atoms with Crippen LogP contribution in [0.2, 0.25) is 0 Å². The molecule has 0 aromatic heterocycles. The summed E-state index contributed by atoms with van der Waals surface area (Å²) >= 11 is 0. The van der Waals surface area contributed by atoms with Crippen molar-refractivity contribution in [3.8, 4) is 16.9 Å². The van der Waals surface area contributed by atoms with E-state index in [9.17, 15) is 4.79 Å². The summed E-state index contributed by atoms with van der Waals surface area (Å²) in [6.45, 7) is 3.97. The number of anilines is 1.